The fraction of sp³-hybridized carbons (Fsp3) is 0.667. The normalized spacial score (nSPS) is 17.9. The highest BCUT2D eigenvalue weighted by Gasteiger charge is 2.15. The van der Waals surface area contributed by atoms with Crippen molar-refractivity contribution in [3.63, 3.8) is 0 Å². The van der Waals surface area contributed by atoms with Crippen LogP contribution in [0.25, 0.3) is 0 Å². The van der Waals surface area contributed by atoms with Gasteiger partial charge in [-0.2, -0.15) is 4.98 Å². The summed E-state index contributed by atoms with van der Waals surface area (Å²) >= 11 is 11.7. The van der Waals surface area contributed by atoms with E-state index < -0.39 is 0 Å². The quantitative estimate of drug-likeness (QED) is 0.865. The second-order valence-corrected chi connectivity index (χ2v) is 5.53. The van der Waals surface area contributed by atoms with E-state index in [9.17, 15) is 0 Å². The van der Waals surface area contributed by atoms with Gasteiger partial charge in [0.1, 0.15) is 10.8 Å². The summed E-state index contributed by atoms with van der Waals surface area (Å²) in [7, 11) is 0. The number of hydrogen-bond donors (Lipinski definition) is 1. The number of hydrogen-bond acceptors (Lipinski definition) is 4. The van der Waals surface area contributed by atoms with E-state index in [0.29, 0.717) is 10.8 Å². The number of anilines is 1. The van der Waals surface area contributed by atoms with Gasteiger partial charge >= 0.3 is 0 Å². The average molecular weight is 289 g/mol. The van der Waals surface area contributed by atoms with E-state index in [4.69, 9.17) is 23.2 Å². The van der Waals surface area contributed by atoms with Crippen LogP contribution in [0.5, 0.6) is 0 Å². The second kappa shape index (κ2) is 6.55. The standard InChI is InChI=1S/C12H18Cl2N4/c1-9-2-5-18(6-3-9)7-4-15-11-10(13)8-16-12(14)17-11/h8-9H,2-7H2,1H3,(H,15,16,17). The number of likely N-dealkylation sites (tertiary alicyclic amines) is 1. The van der Waals surface area contributed by atoms with Crippen molar-refractivity contribution in [3.05, 3.63) is 16.5 Å². The minimum absolute atomic E-state index is 0.216. The number of nitrogens with one attached hydrogen (secondary N) is 1. The highest BCUT2D eigenvalue weighted by atomic mass is 35.5. The Kier molecular flexibility index (Phi) is 5.03. The fourth-order valence-electron chi connectivity index (χ4n) is 2.09. The molecule has 1 aliphatic heterocycles. The van der Waals surface area contributed by atoms with Crippen LogP contribution in [0.3, 0.4) is 0 Å². The number of aromatic nitrogens is 2. The predicted octanol–water partition coefficient (Wildman–Crippen LogP) is 2.93. The molecule has 2 heterocycles. The third-order valence-electron chi connectivity index (χ3n) is 3.31. The van der Waals surface area contributed by atoms with E-state index in [1.54, 1.807) is 0 Å². The Balaban J connectivity index is 1.76. The van der Waals surface area contributed by atoms with Crippen LogP contribution >= 0.6 is 23.2 Å². The van der Waals surface area contributed by atoms with Crippen LogP contribution in [0, 0.1) is 5.92 Å². The molecule has 0 radical (unpaired) electrons. The van der Waals surface area contributed by atoms with Crippen molar-refractivity contribution >= 4 is 29.0 Å². The molecular weight excluding hydrogens is 271 g/mol. The van der Waals surface area contributed by atoms with E-state index in [2.05, 4.69) is 27.1 Å². The lowest BCUT2D eigenvalue weighted by Crippen LogP contribution is -2.36. The monoisotopic (exact) mass is 288 g/mol. The molecule has 18 heavy (non-hydrogen) atoms. The number of piperidine rings is 1. The molecule has 0 bridgehead atoms. The second-order valence-electron chi connectivity index (χ2n) is 4.79. The molecular formula is C12H18Cl2N4. The molecule has 0 aliphatic carbocycles. The predicted molar refractivity (Wildman–Crippen MR) is 75.4 cm³/mol. The molecule has 1 fully saturated rings. The zero-order chi connectivity index (χ0) is 13.0. The Morgan fingerprint density at radius 3 is 2.83 bits per heavy atom. The minimum atomic E-state index is 0.216. The molecule has 1 saturated heterocycles. The van der Waals surface area contributed by atoms with Crippen LogP contribution in [-0.4, -0.2) is 41.0 Å². The summed E-state index contributed by atoms with van der Waals surface area (Å²) < 4.78 is 0. The minimum Gasteiger partial charge on any atom is -0.367 e. The van der Waals surface area contributed by atoms with Gasteiger partial charge in [-0.1, -0.05) is 18.5 Å². The molecule has 2 rings (SSSR count). The largest absolute Gasteiger partial charge is 0.367 e. The molecule has 0 atom stereocenters. The van der Waals surface area contributed by atoms with E-state index in [0.717, 1.165) is 19.0 Å². The van der Waals surface area contributed by atoms with Crippen LogP contribution < -0.4 is 5.32 Å². The van der Waals surface area contributed by atoms with Crippen molar-refractivity contribution in [1.82, 2.24) is 14.9 Å². The van der Waals surface area contributed by atoms with E-state index in [1.807, 2.05) is 0 Å². The van der Waals surface area contributed by atoms with Crippen molar-refractivity contribution in [2.24, 2.45) is 5.92 Å². The van der Waals surface area contributed by atoms with Gasteiger partial charge in [-0.15, -0.1) is 0 Å². The Labute approximate surface area is 118 Å². The Morgan fingerprint density at radius 2 is 2.11 bits per heavy atom. The van der Waals surface area contributed by atoms with Crippen LogP contribution in [0.15, 0.2) is 6.20 Å². The first kappa shape index (κ1) is 13.8. The fourth-order valence-corrected chi connectivity index (χ4v) is 2.38. The first-order chi connectivity index (χ1) is 8.65. The molecule has 100 valence electrons. The van der Waals surface area contributed by atoms with E-state index in [1.165, 1.54) is 32.1 Å². The van der Waals surface area contributed by atoms with Gasteiger partial charge in [0.15, 0.2) is 0 Å². The lowest BCUT2D eigenvalue weighted by Gasteiger charge is -2.30. The van der Waals surface area contributed by atoms with Gasteiger partial charge in [-0.3, -0.25) is 0 Å². The molecule has 1 aromatic rings. The van der Waals surface area contributed by atoms with Gasteiger partial charge in [0.05, 0.1) is 6.20 Å². The lowest BCUT2D eigenvalue weighted by molar-refractivity contribution is 0.199. The van der Waals surface area contributed by atoms with Crippen LogP contribution in [0.2, 0.25) is 10.3 Å². The summed E-state index contributed by atoms with van der Waals surface area (Å²) in [6.07, 6.45) is 4.10. The first-order valence-corrected chi connectivity index (χ1v) is 7.05. The number of rotatable bonds is 4. The molecule has 0 unspecified atom stereocenters. The first-order valence-electron chi connectivity index (χ1n) is 6.29. The summed E-state index contributed by atoms with van der Waals surface area (Å²) in [5.74, 6) is 1.48. The Bertz CT molecular complexity index is 392. The van der Waals surface area contributed by atoms with Crippen LogP contribution in [0.4, 0.5) is 5.82 Å². The zero-order valence-corrected chi connectivity index (χ0v) is 12.0. The molecule has 0 aromatic carbocycles. The van der Waals surface area contributed by atoms with E-state index in [-0.39, 0.29) is 5.28 Å². The van der Waals surface area contributed by atoms with Crippen LogP contribution in [-0.2, 0) is 0 Å². The highest BCUT2D eigenvalue weighted by Crippen LogP contribution is 2.19. The molecule has 0 amide bonds. The summed E-state index contributed by atoms with van der Waals surface area (Å²) in [4.78, 5) is 10.3. The van der Waals surface area contributed by atoms with Crippen molar-refractivity contribution in [3.8, 4) is 0 Å². The molecule has 4 nitrogen and oxygen atoms in total. The molecule has 0 saturated carbocycles. The van der Waals surface area contributed by atoms with Crippen molar-refractivity contribution in [2.75, 3.05) is 31.5 Å². The van der Waals surface area contributed by atoms with Gasteiger partial charge < -0.3 is 10.2 Å². The van der Waals surface area contributed by atoms with Gasteiger partial charge in [0.2, 0.25) is 5.28 Å². The molecule has 1 aromatic heterocycles. The number of nitrogens with zero attached hydrogens (tertiary/aromatic N) is 3. The summed E-state index contributed by atoms with van der Waals surface area (Å²) in [6, 6.07) is 0. The van der Waals surface area contributed by atoms with Crippen molar-refractivity contribution < 1.29 is 0 Å². The molecule has 0 spiro atoms. The lowest BCUT2D eigenvalue weighted by atomic mass is 9.99. The molecule has 1 aliphatic rings. The molecule has 1 N–H and O–H groups in total. The van der Waals surface area contributed by atoms with Gasteiger partial charge in [-0.05, 0) is 43.5 Å². The van der Waals surface area contributed by atoms with Crippen LogP contribution in [0.1, 0.15) is 19.8 Å². The maximum Gasteiger partial charge on any atom is 0.224 e. The topological polar surface area (TPSA) is 41.0 Å². The van der Waals surface area contributed by atoms with Gasteiger partial charge in [0.25, 0.3) is 0 Å². The van der Waals surface area contributed by atoms with Gasteiger partial charge in [-0.25, -0.2) is 4.98 Å². The maximum absolute atomic E-state index is 5.98. The SMILES string of the molecule is CC1CCN(CCNc2nc(Cl)ncc2Cl)CC1. The summed E-state index contributed by atoms with van der Waals surface area (Å²) in [6.45, 7) is 6.51. The van der Waals surface area contributed by atoms with Crippen molar-refractivity contribution in [2.45, 2.75) is 19.8 Å². The highest BCUT2D eigenvalue weighted by molar-refractivity contribution is 6.33. The number of halogens is 2. The van der Waals surface area contributed by atoms with E-state index >= 15 is 0 Å². The smallest absolute Gasteiger partial charge is 0.224 e. The third kappa shape index (κ3) is 3.97. The maximum atomic E-state index is 5.98. The Morgan fingerprint density at radius 1 is 1.39 bits per heavy atom. The Hall–Kier alpha value is -0.580. The zero-order valence-electron chi connectivity index (χ0n) is 10.5. The van der Waals surface area contributed by atoms with Crippen molar-refractivity contribution in [1.29, 1.82) is 0 Å². The summed E-state index contributed by atoms with van der Waals surface area (Å²) in [5, 5.41) is 3.93. The third-order valence-corrected chi connectivity index (χ3v) is 3.77. The summed E-state index contributed by atoms with van der Waals surface area (Å²) in [5.41, 5.74) is 0. The average Bonchev–Trinajstić information content (AvgIpc) is 2.36. The molecule has 6 heteroatoms. The van der Waals surface area contributed by atoms with Gasteiger partial charge in [0, 0.05) is 13.1 Å².